The predicted octanol–water partition coefficient (Wildman–Crippen LogP) is 4.28. The molecular formula is C14H13F6NO2. The summed E-state index contributed by atoms with van der Waals surface area (Å²) in [5.41, 5.74) is -3.63. The Morgan fingerprint density at radius 3 is 1.83 bits per heavy atom. The van der Waals surface area contributed by atoms with E-state index in [2.05, 4.69) is 0 Å². The van der Waals surface area contributed by atoms with Crippen LogP contribution in [0.25, 0.3) is 0 Å². The van der Waals surface area contributed by atoms with Crippen molar-refractivity contribution >= 4 is 6.09 Å². The maximum Gasteiger partial charge on any atom is 0.416 e. The van der Waals surface area contributed by atoms with Crippen LogP contribution in [0.2, 0.25) is 0 Å². The van der Waals surface area contributed by atoms with E-state index in [4.69, 9.17) is 5.11 Å². The van der Waals surface area contributed by atoms with Crippen LogP contribution in [0.3, 0.4) is 0 Å². The summed E-state index contributed by atoms with van der Waals surface area (Å²) < 4.78 is 78.3. The quantitative estimate of drug-likeness (QED) is 0.775. The Bertz CT molecular complexity index is 570. The van der Waals surface area contributed by atoms with Crippen molar-refractivity contribution in [3.8, 4) is 0 Å². The van der Waals surface area contributed by atoms with Gasteiger partial charge in [-0.05, 0) is 30.5 Å². The molecule has 1 aliphatic heterocycles. The second-order valence-electron chi connectivity index (χ2n) is 5.42. The summed E-state index contributed by atoms with van der Waals surface area (Å²) in [6, 6.07) is 2.89. The van der Waals surface area contributed by atoms with Gasteiger partial charge in [0.05, 0.1) is 11.0 Å². The number of hydrogen-bond donors (Lipinski definition) is 1. The first-order chi connectivity index (χ1) is 10.5. The fourth-order valence-electron chi connectivity index (χ4n) is 2.79. The maximum atomic E-state index is 13.6. The summed E-state index contributed by atoms with van der Waals surface area (Å²) in [6.45, 7) is -0.647. The molecule has 1 fully saturated rings. The number of amides is 1. The standard InChI is InChI=1S/C14H13F6NO2/c15-13(16,17)10-3-1-9(2-4-10)12(14(18,19)20)5-7-21(8-6-12)11(22)23/h1-4H,5-8H2,(H,22,23). The highest BCUT2D eigenvalue weighted by atomic mass is 19.4. The van der Waals surface area contributed by atoms with Crippen molar-refractivity contribution in [2.24, 2.45) is 0 Å². The Kier molecular flexibility index (Phi) is 4.25. The molecule has 0 unspecified atom stereocenters. The van der Waals surface area contributed by atoms with E-state index in [-0.39, 0.29) is 18.7 Å². The summed E-state index contributed by atoms with van der Waals surface area (Å²) in [5.74, 6) is 0. The fourth-order valence-corrected chi connectivity index (χ4v) is 2.79. The van der Waals surface area contributed by atoms with Gasteiger partial charge in [-0.25, -0.2) is 4.79 Å². The van der Waals surface area contributed by atoms with Crippen molar-refractivity contribution in [3.63, 3.8) is 0 Å². The number of halogens is 6. The van der Waals surface area contributed by atoms with Gasteiger partial charge in [-0.1, -0.05) is 12.1 Å². The molecule has 0 aromatic heterocycles. The third-order valence-corrected chi connectivity index (χ3v) is 4.19. The third-order valence-electron chi connectivity index (χ3n) is 4.19. The van der Waals surface area contributed by atoms with Gasteiger partial charge in [0.25, 0.3) is 0 Å². The van der Waals surface area contributed by atoms with E-state index in [1.54, 1.807) is 0 Å². The first kappa shape index (κ1) is 17.4. The molecule has 0 radical (unpaired) electrons. The number of benzene rings is 1. The Hall–Kier alpha value is -1.93. The molecule has 0 bridgehead atoms. The van der Waals surface area contributed by atoms with E-state index in [0.717, 1.165) is 17.0 Å². The fraction of sp³-hybridized carbons (Fsp3) is 0.500. The Morgan fingerprint density at radius 1 is 1.00 bits per heavy atom. The average Bonchev–Trinajstić information content (AvgIpc) is 2.45. The molecule has 3 nitrogen and oxygen atoms in total. The topological polar surface area (TPSA) is 40.5 Å². The van der Waals surface area contributed by atoms with Crippen molar-refractivity contribution in [1.29, 1.82) is 0 Å². The Morgan fingerprint density at radius 2 is 1.48 bits per heavy atom. The van der Waals surface area contributed by atoms with Gasteiger partial charge < -0.3 is 10.0 Å². The van der Waals surface area contributed by atoms with E-state index < -0.39 is 42.3 Å². The molecular weight excluding hydrogens is 328 g/mol. The average molecular weight is 341 g/mol. The molecule has 1 saturated heterocycles. The van der Waals surface area contributed by atoms with Crippen molar-refractivity contribution < 1.29 is 36.2 Å². The van der Waals surface area contributed by atoms with Gasteiger partial charge in [0.15, 0.2) is 0 Å². The zero-order chi connectivity index (χ0) is 17.5. The first-order valence-electron chi connectivity index (χ1n) is 6.70. The lowest BCUT2D eigenvalue weighted by Gasteiger charge is -2.42. The van der Waals surface area contributed by atoms with E-state index >= 15 is 0 Å². The lowest BCUT2D eigenvalue weighted by molar-refractivity contribution is -0.201. The van der Waals surface area contributed by atoms with Crippen LogP contribution in [-0.4, -0.2) is 35.4 Å². The maximum absolute atomic E-state index is 13.6. The van der Waals surface area contributed by atoms with Crippen molar-refractivity contribution in [3.05, 3.63) is 35.4 Å². The number of alkyl halides is 6. The van der Waals surface area contributed by atoms with E-state index in [9.17, 15) is 31.1 Å². The number of piperidine rings is 1. The summed E-state index contributed by atoms with van der Waals surface area (Å²) in [6.07, 6.45) is -11.7. The smallest absolute Gasteiger partial charge is 0.416 e. The van der Waals surface area contributed by atoms with E-state index in [1.165, 1.54) is 0 Å². The molecule has 0 atom stereocenters. The van der Waals surface area contributed by atoms with Crippen molar-refractivity contribution in [2.75, 3.05) is 13.1 Å². The first-order valence-corrected chi connectivity index (χ1v) is 6.70. The van der Waals surface area contributed by atoms with Crippen LogP contribution in [0.5, 0.6) is 0 Å². The number of hydrogen-bond acceptors (Lipinski definition) is 1. The summed E-state index contributed by atoms with van der Waals surface area (Å²) in [4.78, 5) is 11.7. The Balaban J connectivity index is 2.36. The molecule has 1 aromatic rings. The normalized spacial score (nSPS) is 18.8. The van der Waals surface area contributed by atoms with E-state index in [0.29, 0.717) is 12.1 Å². The van der Waals surface area contributed by atoms with Gasteiger partial charge in [0.2, 0.25) is 0 Å². The van der Waals surface area contributed by atoms with Gasteiger partial charge in [-0.2, -0.15) is 26.3 Å². The number of carbonyl (C=O) groups is 1. The molecule has 23 heavy (non-hydrogen) atoms. The van der Waals surface area contributed by atoms with Gasteiger partial charge >= 0.3 is 18.4 Å². The lowest BCUT2D eigenvalue weighted by Crippen LogP contribution is -2.52. The van der Waals surface area contributed by atoms with Crippen LogP contribution in [0.4, 0.5) is 31.1 Å². The second kappa shape index (κ2) is 5.61. The third kappa shape index (κ3) is 3.23. The zero-order valence-corrected chi connectivity index (χ0v) is 11.7. The minimum absolute atomic E-state index is 0.275. The monoisotopic (exact) mass is 341 g/mol. The number of likely N-dealkylation sites (tertiary alicyclic amines) is 1. The lowest BCUT2D eigenvalue weighted by atomic mass is 9.72. The molecule has 2 rings (SSSR count). The SMILES string of the molecule is O=C(O)N1CCC(c2ccc(C(F)(F)F)cc2)(C(F)(F)F)CC1. The predicted molar refractivity (Wildman–Crippen MR) is 68.0 cm³/mol. The van der Waals surface area contributed by atoms with Gasteiger partial charge in [0, 0.05) is 13.1 Å². The largest absolute Gasteiger partial charge is 0.465 e. The van der Waals surface area contributed by atoms with Crippen LogP contribution in [0, 0.1) is 0 Å². The van der Waals surface area contributed by atoms with Crippen molar-refractivity contribution in [1.82, 2.24) is 4.90 Å². The van der Waals surface area contributed by atoms with Crippen LogP contribution >= 0.6 is 0 Å². The molecule has 1 heterocycles. The molecule has 0 aliphatic carbocycles. The van der Waals surface area contributed by atoms with Crippen LogP contribution in [0.1, 0.15) is 24.0 Å². The number of rotatable bonds is 1. The highest BCUT2D eigenvalue weighted by Crippen LogP contribution is 2.48. The molecule has 1 N–H and O–H groups in total. The molecule has 0 spiro atoms. The highest BCUT2D eigenvalue weighted by molar-refractivity contribution is 5.65. The van der Waals surface area contributed by atoms with Crippen LogP contribution in [-0.2, 0) is 11.6 Å². The molecule has 128 valence electrons. The summed E-state index contributed by atoms with van der Waals surface area (Å²) >= 11 is 0. The highest BCUT2D eigenvalue weighted by Gasteiger charge is 2.57. The number of nitrogens with zero attached hydrogens (tertiary/aromatic N) is 1. The van der Waals surface area contributed by atoms with Crippen LogP contribution in [0.15, 0.2) is 24.3 Å². The van der Waals surface area contributed by atoms with E-state index in [1.807, 2.05) is 0 Å². The molecule has 1 aromatic carbocycles. The molecule has 1 aliphatic rings. The minimum atomic E-state index is -4.68. The van der Waals surface area contributed by atoms with Gasteiger partial charge in [0.1, 0.15) is 0 Å². The summed E-state index contributed by atoms with van der Waals surface area (Å²) in [5, 5.41) is 8.83. The zero-order valence-electron chi connectivity index (χ0n) is 11.7. The van der Waals surface area contributed by atoms with Crippen molar-refractivity contribution in [2.45, 2.75) is 30.6 Å². The van der Waals surface area contributed by atoms with Crippen LogP contribution < -0.4 is 0 Å². The second-order valence-corrected chi connectivity index (χ2v) is 5.42. The summed E-state index contributed by atoms with van der Waals surface area (Å²) in [7, 11) is 0. The molecule has 1 amide bonds. The Labute approximate surface area is 127 Å². The van der Waals surface area contributed by atoms with Gasteiger partial charge in [-0.15, -0.1) is 0 Å². The number of carboxylic acid groups (broad SMARTS) is 1. The molecule has 9 heteroatoms. The minimum Gasteiger partial charge on any atom is -0.465 e. The van der Waals surface area contributed by atoms with Gasteiger partial charge in [-0.3, -0.25) is 0 Å². The molecule has 0 saturated carbocycles.